The van der Waals surface area contributed by atoms with Crippen LogP contribution in [0.25, 0.3) is 0 Å². The van der Waals surface area contributed by atoms with E-state index in [0.29, 0.717) is 18.5 Å². The van der Waals surface area contributed by atoms with Crippen molar-refractivity contribution in [1.82, 2.24) is 9.80 Å². The van der Waals surface area contributed by atoms with Crippen molar-refractivity contribution in [3.05, 3.63) is 70.8 Å². The van der Waals surface area contributed by atoms with Crippen molar-refractivity contribution in [2.45, 2.75) is 38.8 Å². The zero-order valence-corrected chi connectivity index (χ0v) is 17.4. The molecule has 5 heteroatoms. The molecule has 2 aliphatic rings. The van der Waals surface area contributed by atoms with Gasteiger partial charge in [0.15, 0.2) is 5.78 Å². The molecule has 4 rings (SSSR count). The fraction of sp³-hybridized carbons (Fsp3) is 0.440. The summed E-state index contributed by atoms with van der Waals surface area (Å²) in [7, 11) is 0. The van der Waals surface area contributed by atoms with E-state index in [1.54, 1.807) is 17.0 Å². The van der Waals surface area contributed by atoms with Crippen molar-refractivity contribution in [3.63, 3.8) is 0 Å². The van der Waals surface area contributed by atoms with E-state index in [-0.39, 0.29) is 24.8 Å². The van der Waals surface area contributed by atoms with E-state index in [1.165, 1.54) is 18.4 Å². The van der Waals surface area contributed by atoms with E-state index in [0.717, 1.165) is 43.1 Å². The van der Waals surface area contributed by atoms with Gasteiger partial charge in [0.05, 0.1) is 13.2 Å². The highest BCUT2D eigenvalue weighted by molar-refractivity contribution is 6.02. The van der Waals surface area contributed by atoms with Crippen LogP contribution in [0.5, 0.6) is 0 Å². The normalized spacial score (nSPS) is 17.8. The minimum Gasteiger partial charge on any atom is -0.392 e. The van der Waals surface area contributed by atoms with E-state index < -0.39 is 0 Å². The van der Waals surface area contributed by atoms with Crippen LogP contribution in [0.3, 0.4) is 0 Å². The zero-order chi connectivity index (χ0) is 20.9. The van der Waals surface area contributed by atoms with Crippen LogP contribution in [0.15, 0.2) is 48.5 Å². The van der Waals surface area contributed by atoms with Gasteiger partial charge in [0.1, 0.15) is 0 Å². The summed E-state index contributed by atoms with van der Waals surface area (Å²) < 4.78 is 0. The quantitative estimate of drug-likeness (QED) is 0.801. The van der Waals surface area contributed by atoms with Crippen LogP contribution in [-0.4, -0.2) is 52.8 Å². The first kappa shape index (κ1) is 20.8. The SMILES string of the molecule is O=C1CN(C(=O)CCN2CCC(Cc3ccccc3)CC2)Cc2cc(CO)ccc21. The molecule has 2 aromatic rings. The predicted octanol–water partition coefficient (Wildman–Crippen LogP) is 3.05. The van der Waals surface area contributed by atoms with E-state index in [1.807, 2.05) is 6.07 Å². The third-order valence-corrected chi connectivity index (χ3v) is 6.42. The Labute approximate surface area is 178 Å². The molecule has 2 aliphatic heterocycles. The van der Waals surface area contributed by atoms with Crippen molar-refractivity contribution >= 4 is 11.7 Å². The number of ketones is 1. The smallest absolute Gasteiger partial charge is 0.224 e. The maximum atomic E-state index is 12.8. The Bertz CT molecular complexity index is 889. The van der Waals surface area contributed by atoms with Crippen LogP contribution < -0.4 is 0 Å². The molecule has 1 fully saturated rings. The lowest BCUT2D eigenvalue weighted by Gasteiger charge is -2.33. The van der Waals surface area contributed by atoms with E-state index in [9.17, 15) is 14.7 Å². The Morgan fingerprint density at radius 3 is 2.50 bits per heavy atom. The number of piperidine rings is 1. The lowest BCUT2D eigenvalue weighted by molar-refractivity contribution is -0.132. The molecule has 0 spiro atoms. The summed E-state index contributed by atoms with van der Waals surface area (Å²) in [5.74, 6) is 0.738. The van der Waals surface area contributed by atoms with Gasteiger partial charge < -0.3 is 14.9 Å². The maximum Gasteiger partial charge on any atom is 0.224 e. The summed E-state index contributed by atoms with van der Waals surface area (Å²) in [6.45, 7) is 3.37. The van der Waals surface area contributed by atoms with Gasteiger partial charge in [0.25, 0.3) is 0 Å². The highest BCUT2D eigenvalue weighted by Crippen LogP contribution is 2.23. The molecule has 158 valence electrons. The minimum absolute atomic E-state index is 0.0178. The van der Waals surface area contributed by atoms with Gasteiger partial charge in [-0.3, -0.25) is 9.59 Å². The highest BCUT2D eigenvalue weighted by Gasteiger charge is 2.27. The molecule has 0 saturated carbocycles. The fourth-order valence-corrected chi connectivity index (χ4v) is 4.62. The lowest BCUT2D eigenvalue weighted by Crippen LogP contribution is -2.42. The molecule has 1 saturated heterocycles. The monoisotopic (exact) mass is 406 g/mol. The standard InChI is InChI=1S/C25H30N2O3/c28-18-21-6-7-23-22(15-21)16-27(17-24(23)29)25(30)10-13-26-11-8-20(9-12-26)14-19-4-2-1-3-5-19/h1-7,15,20,28H,8-14,16-18H2. The van der Waals surface area contributed by atoms with Crippen molar-refractivity contribution in [2.75, 3.05) is 26.2 Å². The Morgan fingerprint density at radius 1 is 1.00 bits per heavy atom. The molecule has 0 radical (unpaired) electrons. The number of amides is 1. The van der Waals surface area contributed by atoms with Crippen molar-refractivity contribution in [2.24, 2.45) is 5.92 Å². The van der Waals surface area contributed by atoms with Crippen molar-refractivity contribution in [3.8, 4) is 0 Å². The van der Waals surface area contributed by atoms with Crippen LogP contribution in [0.1, 0.15) is 46.3 Å². The van der Waals surface area contributed by atoms with Crippen LogP contribution >= 0.6 is 0 Å². The third-order valence-electron chi connectivity index (χ3n) is 6.42. The zero-order valence-electron chi connectivity index (χ0n) is 17.4. The maximum absolute atomic E-state index is 12.8. The second-order valence-corrected chi connectivity index (χ2v) is 8.55. The fourth-order valence-electron chi connectivity index (χ4n) is 4.62. The number of nitrogens with zero attached hydrogens (tertiary/aromatic N) is 2. The van der Waals surface area contributed by atoms with E-state index >= 15 is 0 Å². The summed E-state index contributed by atoms with van der Waals surface area (Å²) in [4.78, 5) is 29.2. The number of aliphatic hydroxyl groups is 1. The van der Waals surface area contributed by atoms with Gasteiger partial charge >= 0.3 is 0 Å². The van der Waals surface area contributed by atoms with Gasteiger partial charge in [-0.1, -0.05) is 48.5 Å². The topological polar surface area (TPSA) is 60.9 Å². The highest BCUT2D eigenvalue weighted by atomic mass is 16.3. The number of rotatable bonds is 6. The molecule has 0 atom stereocenters. The average Bonchev–Trinajstić information content (AvgIpc) is 2.78. The number of Topliss-reactive ketones (excluding diaryl/α,β-unsaturated/α-hetero) is 1. The first-order chi connectivity index (χ1) is 14.6. The Kier molecular flexibility index (Phi) is 6.60. The van der Waals surface area contributed by atoms with Crippen LogP contribution in [0.4, 0.5) is 0 Å². The summed E-state index contributed by atoms with van der Waals surface area (Å²) in [5, 5.41) is 9.34. The van der Waals surface area contributed by atoms with Gasteiger partial charge in [-0.15, -0.1) is 0 Å². The first-order valence-electron chi connectivity index (χ1n) is 10.9. The Morgan fingerprint density at radius 2 is 1.77 bits per heavy atom. The second-order valence-electron chi connectivity index (χ2n) is 8.55. The molecular formula is C25H30N2O3. The lowest BCUT2D eigenvalue weighted by atomic mass is 9.90. The Hall–Kier alpha value is -2.50. The van der Waals surface area contributed by atoms with Crippen LogP contribution in [-0.2, 0) is 24.4 Å². The summed E-state index contributed by atoms with van der Waals surface area (Å²) in [6.07, 6.45) is 3.93. The average molecular weight is 407 g/mol. The molecule has 2 heterocycles. The molecule has 30 heavy (non-hydrogen) atoms. The molecular weight excluding hydrogens is 376 g/mol. The van der Waals surface area contributed by atoms with Gasteiger partial charge in [0, 0.05) is 25.1 Å². The molecule has 0 aromatic heterocycles. The van der Waals surface area contributed by atoms with E-state index in [2.05, 4.69) is 35.2 Å². The van der Waals surface area contributed by atoms with Crippen LogP contribution in [0, 0.1) is 5.92 Å². The number of benzene rings is 2. The number of carbonyl (C=O) groups is 2. The Balaban J connectivity index is 1.25. The number of fused-ring (bicyclic) bond motifs is 1. The number of aliphatic hydroxyl groups excluding tert-OH is 1. The van der Waals surface area contributed by atoms with E-state index in [4.69, 9.17) is 0 Å². The number of hydrogen-bond acceptors (Lipinski definition) is 4. The predicted molar refractivity (Wildman–Crippen MR) is 116 cm³/mol. The molecule has 0 unspecified atom stereocenters. The second kappa shape index (κ2) is 9.54. The largest absolute Gasteiger partial charge is 0.392 e. The molecule has 1 amide bonds. The molecule has 0 bridgehead atoms. The number of carbonyl (C=O) groups excluding carboxylic acids is 2. The van der Waals surface area contributed by atoms with Gasteiger partial charge in [-0.05, 0) is 55.0 Å². The third kappa shape index (κ3) is 4.97. The van der Waals surface area contributed by atoms with Gasteiger partial charge in [0.2, 0.25) is 5.91 Å². The molecule has 0 aliphatic carbocycles. The minimum atomic E-state index is -0.0599. The van der Waals surface area contributed by atoms with Gasteiger partial charge in [-0.25, -0.2) is 0 Å². The van der Waals surface area contributed by atoms with Gasteiger partial charge in [-0.2, -0.15) is 0 Å². The van der Waals surface area contributed by atoms with Crippen LogP contribution in [0.2, 0.25) is 0 Å². The molecule has 1 N–H and O–H groups in total. The molecule has 2 aromatic carbocycles. The first-order valence-corrected chi connectivity index (χ1v) is 10.9. The summed E-state index contributed by atoms with van der Waals surface area (Å²) in [6, 6.07) is 16.0. The van der Waals surface area contributed by atoms with Crippen molar-refractivity contribution in [1.29, 1.82) is 0 Å². The molecule has 5 nitrogen and oxygen atoms in total. The number of likely N-dealkylation sites (tertiary alicyclic amines) is 1. The van der Waals surface area contributed by atoms with Crippen molar-refractivity contribution < 1.29 is 14.7 Å². The summed E-state index contributed by atoms with van der Waals surface area (Å²) >= 11 is 0. The summed E-state index contributed by atoms with van der Waals surface area (Å²) in [5.41, 5.74) is 3.70. The number of hydrogen-bond donors (Lipinski definition) is 1.